The molecule has 0 saturated carbocycles. The predicted octanol–water partition coefficient (Wildman–Crippen LogP) is 1.94. The first kappa shape index (κ1) is 8.02. The second-order valence-electron chi connectivity index (χ2n) is 2.67. The smallest absolute Gasteiger partial charge is 0.108 e. The highest BCUT2D eigenvalue weighted by molar-refractivity contribution is 7.18. The first-order valence-corrected chi connectivity index (χ1v) is 4.63. The lowest BCUT2D eigenvalue weighted by molar-refractivity contribution is 1.21. The molecule has 0 unspecified atom stereocenters. The topological polar surface area (TPSA) is 62.7 Å². The lowest BCUT2D eigenvalue weighted by Gasteiger charge is -1.89. The fraction of sp³-hybridized carbons (Fsp3) is 0.111. The van der Waals surface area contributed by atoms with Gasteiger partial charge >= 0.3 is 0 Å². The average molecular weight is 189 g/mol. The van der Waals surface area contributed by atoms with Crippen molar-refractivity contribution in [1.29, 1.82) is 5.26 Å². The predicted molar refractivity (Wildman–Crippen MR) is 53.3 cm³/mol. The summed E-state index contributed by atoms with van der Waals surface area (Å²) in [7, 11) is 0. The summed E-state index contributed by atoms with van der Waals surface area (Å²) in [5.74, 6) is 0. The molecule has 0 radical (unpaired) electrons. The molecule has 1 heterocycles. The van der Waals surface area contributed by atoms with Gasteiger partial charge in [0.25, 0.3) is 0 Å². The van der Waals surface area contributed by atoms with Crippen LogP contribution < -0.4 is 5.73 Å². The maximum absolute atomic E-state index is 8.49. The van der Waals surface area contributed by atoms with Crippen LogP contribution in [-0.2, 0) is 6.42 Å². The van der Waals surface area contributed by atoms with E-state index in [1.807, 2.05) is 18.2 Å². The number of thiazole rings is 1. The Balaban J connectivity index is 2.57. The Hall–Kier alpha value is -1.60. The number of hydrogen-bond donors (Lipinski definition) is 1. The summed E-state index contributed by atoms with van der Waals surface area (Å²) < 4.78 is 1.08. The van der Waals surface area contributed by atoms with E-state index in [4.69, 9.17) is 11.0 Å². The molecule has 1 aromatic heterocycles. The summed E-state index contributed by atoms with van der Waals surface area (Å²) in [4.78, 5) is 4.28. The number of benzene rings is 1. The van der Waals surface area contributed by atoms with Crippen LogP contribution >= 0.6 is 11.3 Å². The number of anilines is 1. The van der Waals surface area contributed by atoms with Crippen LogP contribution in [0.1, 0.15) is 5.01 Å². The fourth-order valence-electron chi connectivity index (χ4n) is 1.14. The van der Waals surface area contributed by atoms with E-state index in [9.17, 15) is 0 Å². The van der Waals surface area contributed by atoms with Gasteiger partial charge in [-0.25, -0.2) is 4.98 Å². The van der Waals surface area contributed by atoms with Gasteiger partial charge in [0.2, 0.25) is 0 Å². The van der Waals surface area contributed by atoms with Gasteiger partial charge in [-0.3, -0.25) is 0 Å². The van der Waals surface area contributed by atoms with Gasteiger partial charge in [0.15, 0.2) is 0 Å². The van der Waals surface area contributed by atoms with Crippen LogP contribution in [0.25, 0.3) is 10.2 Å². The molecule has 64 valence electrons. The van der Waals surface area contributed by atoms with Crippen molar-refractivity contribution in [1.82, 2.24) is 4.98 Å². The highest BCUT2D eigenvalue weighted by Gasteiger charge is 2.02. The molecule has 0 spiro atoms. The molecule has 0 saturated heterocycles. The van der Waals surface area contributed by atoms with Crippen LogP contribution in [0.5, 0.6) is 0 Å². The highest BCUT2D eigenvalue weighted by Crippen LogP contribution is 2.23. The van der Waals surface area contributed by atoms with Crippen molar-refractivity contribution in [2.75, 3.05) is 5.73 Å². The Morgan fingerprint density at radius 2 is 2.38 bits per heavy atom. The maximum atomic E-state index is 8.49. The molecule has 0 aliphatic heterocycles. The minimum absolute atomic E-state index is 0.374. The molecule has 3 nitrogen and oxygen atoms in total. The maximum Gasteiger partial charge on any atom is 0.108 e. The highest BCUT2D eigenvalue weighted by atomic mass is 32.1. The third-order valence-corrected chi connectivity index (χ3v) is 2.72. The van der Waals surface area contributed by atoms with Gasteiger partial charge in [0.05, 0.1) is 22.7 Å². The average Bonchev–Trinajstić information content (AvgIpc) is 2.46. The largest absolute Gasteiger partial charge is 0.399 e. The zero-order chi connectivity index (χ0) is 9.26. The van der Waals surface area contributed by atoms with E-state index in [0.717, 1.165) is 15.2 Å². The standard InChI is InChI=1S/C9H7N3S/c10-4-3-9-12-7-5-6(11)1-2-8(7)13-9/h1-2,5H,3,11H2. The minimum Gasteiger partial charge on any atom is -0.399 e. The monoisotopic (exact) mass is 189 g/mol. The molecule has 2 rings (SSSR count). The molecule has 0 atom stereocenters. The minimum atomic E-state index is 0.374. The number of nitrogens with zero attached hydrogens (tertiary/aromatic N) is 2. The van der Waals surface area contributed by atoms with Gasteiger partial charge in [0.1, 0.15) is 5.01 Å². The number of nitriles is 1. The summed E-state index contributed by atoms with van der Waals surface area (Å²) >= 11 is 1.54. The first-order valence-electron chi connectivity index (χ1n) is 3.81. The number of rotatable bonds is 1. The Kier molecular flexibility index (Phi) is 1.87. The summed E-state index contributed by atoms with van der Waals surface area (Å²) in [5.41, 5.74) is 7.20. The Labute approximate surface area is 79.4 Å². The van der Waals surface area contributed by atoms with Crippen molar-refractivity contribution < 1.29 is 0 Å². The van der Waals surface area contributed by atoms with Gasteiger partial charge < -0.3 is 5.73 Å². The van der Waals surface area contributed by atoms with Crippen LogP contribution in [0.2, 0.25) is 0 Å². The summed E-state index contributed by atoms with van der Waals surface area (Å²) in [6, 6.07) is 7.68. The molecule has 0 aliphatic carbocycles. The molecular formula is C9H7N3S. The van der Waals surface area contributed by atoms with Gasteiger partial charge in [-0.1, -0.05) is 0 Å². The summed E-state index contributed by atoms with van der Waals surface area (Å²) in [5, 5.41) is 9.34. The zero-order valence-corrected chi connectivity index (χ0v) is 7.64. The van der Waals surface area contributed by atoms with Crippen LogP contribution in [0.3, 0.4) is 0 Å². The number of fused-ring (bicyclic) bond motifs is 1. The molecule has 0 fully saturated rings. The lowest BCUT2D eigenvalue weighted by Crippen LogP contribution is -1.82. The number of aromatic nitrogens is 1. The molecule has 1 aromatic carbocycles. The van der Waals surface area contributed by atoms with Crippen LogP contribution in [0, 0.1) is 11.3 Å². The molecule has 2 N–H and O–H groups in total. The van der Waals surface area contributed by atoms with Crippen molar-refractivity contribution in [2.45, 2.75) is 6.42 Å². The molecule has 0 amide bonds. The Morgan fingerprint density at radius 3 is 3.15 bits per heavy atom. The number of hydrogen-bond acceptors (Lipinski definition) is 4. The van der Waals surface area contributed by atoms with E-state index in [1.54, 1.807) is 11.3 Å². The molecule has 13 heavy (non-hydrogen) atoms. The fourth-order valence-corrected chi connectivity index (χ4v) is 2.02. The Morgan fingerprint density at radius 1 is 1.54 bits per heavy atom. The van der Waals surface area contributed by atoms with Crippen molar-refractivity contribution >= 4 is 27.2 Å². The van der Waals surface area contributed by atoms with E-state index < -0.39 is 0 Å². The van der Waals surface area contributed by atoms with Crippen molar-refractivity contribution in [3.8, 4) is 6.07 Å². The molecule has 0 bridgehead atoms. The second kappa shape index (κ2) is 3.04. The molecule has 0 aliphatic rings. The second-order valence-corrected chi connectivity index (χ2v) is 3.78. The molecule has 2 aromatic rings. The van der Waals surface area contributed by atoms with E-state index in [1.165, 1.54) is 0 Å². The van der Waals surface area contributed by atoms with E-state index in [0.29, 0.717) is 12.1 Å². The first-order chi connectivity index (χ1) is 6.29. The van der Waals surface area contributed by atoms with E-state index in [2.05, 4.69) is 11.1 Å². The van der Waals surface area contributed by atoms with Gasteiger partial charge in [-0.05, 0) is 18.2 Å². The van der Waals surface area contributed by atoms with Gasteiger partial charge in [-0.2, -0.15) is 5.26 Å². The quantitative estimate of drug-likeness (QED) is 0.697. The van der Waals surface area contributed by atoms with Crippen LogP contribution in [-0.4, -0.2) is 4.98 Å². The normalized spacial score (nSPS) is 10.1. The zero-order valence-electron chi connectivity index (χ0n) is 6.82. The van der Waals surface area contributed by atoms with Crippen molar-refractivity contribution in [3.63, 3.8) is 0 Å². The Bertz CT molecular complexity index is 481. The van der Waals surface area contributed by atoms with Gasteiger partial charge in [-0.15, -0.1) is 11.3 Å². The van der Waals surface area contributed by atoms with E-state index >= 15 is 0 Å². The van der Waals surface area contributed by atoms with Crippen LogP contribution in [0.15, 0.2) is 18.2 Å². The molecular weight excluding hydrogens is 182 g/mol. The number of nitrogen functional groups attached to an aromatic ring is 1. The summed E-state index contributed by atoms with van der Waals surface area (Å²) in [6.07, 6.45) is 0.374. The number of nitrogens with two attached hydrogens (primary N) is 1. The van der Waals surface area contributed by atoms with E-state index in [-0.39, 0.29) is 0 Å². The SMILES string of the molecule is N#CCc1nc2cc(N)ccc2s1. The van der Waals surface area contributed by atoms with Gasteiger partial charge in [0, 0.05) is 5.69 Å². The third kappa shape index (κ3) is 1.46. The lowest BCUT2D eigenvalue weighted by atomic mass is 10.3. The van der Waals surface area contributed by atoms with Crippen molar-refractivity contribution in [3.05, 3.63) is 23.2 Å². The third-order valence-electron chi connectivity index (χ3n) is 1.69. The van der Waals surface area contributed by atoms with Crippen molar-refractivity contribution in [2.24, 2.45) is 0 Å². The molecule has 4 heteroatoms. The van der Waals surface area contributed by atoms with Crippen LogP contribution in [0.4, 0.5) is 5.69 Å². The summed E-state index contributed by atoms with van der Waals surface area (Å²) in [6.45, 7) is 0.